The SMILES string of the molecule is CC(C)SCCCC[O]. The van der Waals surface area contributed by atoms with Crippen molar-refractivity contribution >= 4 is 11.8 Å². The maximum atomic E-state index is 9.97. The van der Waals surface area contributed by atoms with Gasteiger partial charge in [-0.2, -0.15) is 11.8 Å². The first kappa shape index (κ1) is 9.31. The van der Waals surface area contributed by atoms with Crippen molar-refractivity contribution in [1.82, 2.24) is 0 Å². The van der Waals surface area contributed by atoms with Crippen LogP contribution < -0.4 is 0 Å². The van der Waals surface area contributed by atoms with Gasteiger partial charge in [-0.05, 0) is 23.8 Å². The summed E-state index contributed by atoms with van der Waals surface area (Å²) in [5.41, 5.74) is 0. The van der Waals surface area contributed by atoms with E-state index < -0.39 is 0 Å². The minimum absolute atomic E-state index is 0.0959. The summed E-state index contributed by atoms with van der Waals surface area (Å²) in [6.07, 6.45) is 1.94. The maximum absolute atomic E-state index is 9.97. The van der Waals surface area contributed by atoms with Crippen LogP contribution in [0.5, 0.6) is 0 Å². The van der Waals surface area contributed by atoms with Crippen molar-refractivity contribution in [3.63, 3.8) is 0 Å². The van der Waals surface area contributed by atoms with E-state index >= 15 is 0 Å². The summed E-state index contributed by atoms with van der Waals surface area (Å²) in [6.45, 7) is 4.46. The molecule has 0 aliphatic heterocycles. The second-order valence-corrected chi connectivity index (χ2v) is 4.02. The molecule has 0 aromatic carbocycles. The van der Waals surface area contributed by atoms with Gasteiger partial charge in [0, 0.05) is 0 Å². The molecule has 9 heavy (non-hydrogen) atoms. The van der Waals surface area contributed by atoms with Crippen molar-refractivity contribution in [2.75, 3.05) is 12.4 Å². The summed E-state index contributed by atoms with van der Waals surface area (Å²) in [5, 5.41) is 10.7. The molecule has 0 aliphatic carbocycles. The molecule has 0 aromatic heterocycles. The molecule has 0 aliphatic rings. The molecule has 0 atom stereocenters. The minimum Gasteiger partial charge on any atom is -0.237 e. The molecule has 0 heterocycles. The van der Waals surface area contributed by atoms with Gasteiger partial charge in [0.05, 0.1) is 6.61 Å². The molecule has 0 saturated heterocycles. The average Bonchev–Trinajstić information content (AvgIpc) is 1.80. The molecule has 0 unspecified atom stereocenters. The third-order valence-corrected chi connectivity index (χ3v) is 2.18. The number of hydrogen-bond acceptors (Lipinski definition) is 1. The van der Waals surface area contributed by atoms with Crippen LogP contribution in [0.15, 0.2) is 0 Å². The molecule has 1 nitrogen and oxygen atoms in total. The molecular formula is C7H15OS. The molecule has 0 saturated carbocycles. The topological polar surface area (TPSA) is 19.9 Å². The second kappa shape index (κ2) is 6.43. The zero-order valence-electron chi connectivity index (χ0n) is 6.22. The normalized spacial score (nSPS) is 10.7. The summed E-state index contributed by atoms with van der Waals surface area (Å²) in [5.74, 6) is 1.15. The van der Waals surface area contributed by atoms with Crippen LogP contribution in [0, 0.1) is 0 Å². The molecule has 1 radical (unpaired) electrons. The van der Waals surface area contributed by atoms with Gasteiger partial charge in [0.15, 0.2) is 0 Å². The summed E-state index contributed by atoms with van der Waals surface area (Å²) in [4.78, 5) is 0. The van der Waals surface area contributed by atoms with Crippen LogP contribution in [0.4, 0.5) is 0 Å². The molecule has 0 spiro atoms. The monoisotopic (exact) mass is 147 g/mol. The fraction of sp³-hybridized carbons (Fsp3) is 1.00. The summed E-state index contributed by atoms with van der Waals surface area (Å²) in [7, 11) is 0. The average molecular weight is 147 g/mol. The van der Waals surface area contributed by atoms with E-state index in [2.05, 4.69) is 13.8 Å². The van der Waals surface area contributed by atoms with E-state index in [9.17, 15) is 5.11 Å². The van der Waals surface area contributed by atoms with E-state index in [1.54, 1.807) is 0 Å². The van der Waals surface area contributed by atoms with E-state index in [1.807, 2.05) is 11.8 Å². The second-order valence-electron chi connectivity index (χ2n) is 2.33. The van der Waals surface area contributed by atoms with Crippen LogP contribution >= 0.6 is 11.8 Å². The van der Waals surface area contributed by atoms with Gasteiger partial charge in [0.1, 0.15) is 0 Å². The summed E-state index contributed by atoms with van der Waals surface area (Å²) >= 11 is 1.93. The van der Waals surface area contributed by atoms with Gasteiger partial charge in [0.2, 0.25) is 0 Å². The predicted octanol–water partition coefficient (Wildman–Crippen LogP) is 2.34. The van der Waals surface area contributed by atoms with Crippen molar-refractivity contribution in [1.29, 1.82) is 0 Å². The Labute approximate surface area is 61.8 Å². The molecule has 55 valence electrons. The highest BCUT2D eigenvalue weighted by molar-refractivity contribution is 7.99. The lowest BCUT2D eigenvalue weighted by atomic mass is 10.4. The van der Waals surface area contributed by atoms with Crippen LogP contribution in [0.2, 0.25) is 0 Å². The van der Waals surface area contributed by atoms with Gasteiger partial charge in [-0.3, -0.25) is 0 Å². The Kier molecular flexibility index (Phi) is 6.65. The first-order valence-corrected chi connectivity index (χ1v) is 4.52. The number of unbranched alkanes of at least 4 members (excludes halogenated alkanes) is 1. The van der Waals surface area contributed by atoms with E-state index in [-0.39, 0.29) is 6.61 Å². The zero-order chi connectivity index (χ0) is 7.11. The largest absolute Gasteiger partial charge is 0.237 e. The number of hydrogen-bond donors (Lipinski definition) is 0. The van der Waals surface area contributed by atoms with Crippen LogP contribution in [0.25, 0.3) is 0 Å². The minimum atomic E-state index is 0.0959. The first-order chi connectivity index (χ1) is 4.27. The Morgan fingerprint density at radius 2 is 2.00 bits per heavy atom. The highest BCUT2D eigenvalue weighted by Gasteiger charge is 1.92. The van der Waals surface area contributed by atoms with Crippen molar-refractivity contribution in [3.8, 4) is 0 Å². The van der Waals surface area contributed by atoms with Crippen LogP contribution in [0.3, 0.4) is 0 Å². The van der Waals surface area contributed by atoms with Gasteiger partial charge in [-0.25, -0.2) is 5.11 Å². The van der Waals surface area contributed by atoms with Crippen molar-refractivity contribution in [2.45, 2.75) is 31.9 Å². The predicted molar refractivity (Wildman–Crippen MR) is 42.4 cm³/mol. The molecule has 2 heteroatoms. The first-order valence-electron chi connectivity index (χ1n) is 3.47. The van der Waals surface area contributed by atoms with E-state index in [4.69, 9.17) is 0 Å². The lowest BCUT2D eigenvalue weighted by Crippen LogP contribution is -1.90. The van der Waals surface area contributed by atoms with Gasteiger partial charge >= 0.3 is 0 Å². The number of rotatable bonds is 5. The molecule has 0 fully saturated rings. The molecular weight excluding hydrogens is 132 g/mol. The lowest BCUT2D eigenvalue weighted by Gasteiger charge is -2.01. The molecule has 0 bridgehead atoms. The maximum Gasteiger partial charge on any atom is 0.0822 e. The summed E-state index contributed by atoms with van der Waals surface area (Å²) in [6, 6.07) is 0. The van der Waals surface area contributed by atoms with E-state index in [0.717, 1.165) is 23.8 Å². The molecule has 0 aromatic rings. The lowest BCUT2D eigenvalue weighted by molar-refractivity contribution is 0.188. The standard InChI is InChI=1S/C7H15OS/c1-7(2)9-6-4-3-5-8/h7H,3-6H2,1-2H3. The Morgan fingerprint density at radius 3 is 2.44 bits per heavy atom. The number of thioether (sulfide) groups is 1. The van der Waals surface area contributed by atoms with Crippen molar-refractivity contribution < 1.29 is 5.11 Å². The molecule has 0 amide bonds. The third-order valence-electron chi connectivity index (χ3n) is 0.990. The fourth-order valence-electron chi connectivity index (χ4n) is 0.523. The van der Waals surface area contributed by atoms with Gasteiger partial charge < -0.3 is 0 Å². The zero-order valence-corrected chi connectivity index (χ0v) is 7.04. The Morgan fingerprint density at radius 1 is 1.33 bits per heavy atom. The summed E-state index contributed by atoms with van der Waals surface area (Å²) < 4.78 is 0. The van der Waals surface area contributed by atoms with Crippen molar-refractivity contribution in [3.05, 3.63) is 0 Å². The van der Waals surface area contributed by atoms with E-state index in [0.29, 0.717) is 0 Å². The Hall–Kier alpha value is 0.310. The van der Waals surface area contributed by atoms with E-state index in [1.165, 1.54) is 0 Å². The van der Waals surface area contributed by atoms with Gasteiger partial charge in [-0.1, -0.05) is 13.8 Å². The molecule has 0 rings (SSSR count). The van der Waals surface area contributed by atoms with Gasteiger partial charge in [-0.15, -0.1) is 0 Å². The third kappa shape index (κ3) is 8.31. The quantitative estimate of drug-likeness (QED) is 0.546. The Balaban J connectivity index is 2.75. The highest BCUT2D eigenvalue weighted by Crippen LogP contribution is 2.10. The van der Waals surface area contributed by atoms with Crippen molar-refractivity contribution in [2.24, 2.45) is 0 Å². The highest BCUT2D eigenvalue weighted by atomic mass is 32.2. The smallest absolute Gasteiger partial charge is 0.0822 e. The van der Waals surface area contributed by atoms with Crippen LogP contribution in [-0.2, 0) is 5.11 Å². The fourth-order valence-corrected chi connectivity index (χ4v) is 1.37. The molecule has 0 N–H and O–H groups in total. The van der Waals surface area contributed by atoms with Gasteiger partial charge in [0.25, 0.3) is 0 Å². The van der Waals surface area contributed by atoms with Crippen LogP contribution in [0.1, 0.15) is 26.7 Å². The Bertz CT molecular complexity index is 54.9. The van der Waals surface area contributed by atoms with Crippen LogP contribution in [-0.4, -0.2) is 17.6 Å².